The average Bonchev–Trinajstić information content (AvgIpc) is 2.47. The van der Waals surface area contributed by atoms with E-state index in [-0.39, 0.29) is 18.0 Å². The van der Waals surface area contributed by atoms with Crippen molar-refractivity contribution >= 4 is 18.3 Å². The van der Waals surface area contributed by atoms with E-state index in [0.717, 1.165) is 0 Å². The van der Waals surface area contributed by atoms with Gasteiger partial charge in [-0.2, -0.15) is 13.2 Å². The number of aryl methyl sites for hydroxylation is 1. The smallest absolute Gasteiger partial charge is 0.350 e. The van der Waals surface area contributed by atoms with Crippen LogP contribution in [-0.4, -0.2) is 65.7 Å². The zero-order chi connectivity index (χ0) is 16.2. The third-order valence-corrected chi connectivity index (χ3v) is 3.58. The highest BCUT2D eigenvalue weighted by molar-refractivity contribution is 5.94. The summed E-state index contributed by atoms with van der Waals surface area (Å²) in [7, 11) is 0. The predicted octanol–water partition coefficient (Wildman–Crippen LogP) is 0.773. The molecule has 1 aromatic heterocycles. The molecular weight excluding hydrogens is 335 g/mol. The molecule has 0 bridgehead atoms. The summed E-state index contributed by atoms with van der Waals surface area (Å²) < 4.78 is 39.6. The standard InChI is InChI=1S/C13H18F3N5O.ClH/c1-9-10(6-18-8-20-9)12(22)19-7-11(13(14,15)16)21-4-2-17-3-5-21;/h6,8,11,17H,2-5,7H2,1H3,(H,19,22);1H. The van der Waals surface area contributed by atoms with Gasteiger partial charge in [-0.15, -0.1) is 12.4 Å². The zero-order valence-corrected chi connectivity index (χ0v) is 13.4. The van der Waals surface area contributed by atoms with Gasteiger partial charge in [0.2, 0.25) is 0 Å². The number of carbonyl (C=O) groups is 1. The molecule has 2 rings (SSSR count). The summed E-state index contributed by atoms with van der Waals surface area (Å²) in [6.45, 7) is 2.73. The summed E-state index contributed by atoms with van der Waals surface area (Å²) in [5.41, 5.74) is 0.613. The number of rotatable bonds is 4. The number of nitrogens with zero attached hydrogens (tertiary/aromatic N) is 3. The first kappa shape index (κ1) is 19.6. The second-order valence-electron chi connectivity index (χ2n) is 5.08. The lowest BCUT2D eigenvalue weighted by molar-refractivity contribution is -0.183. The fraction of sp³-hybridized carbons (Fsp3) is 0.615. The molecule has 1 amide bonds. The Hall–Kier alpha value is -1.45. The van der Waals surface area contributed by atoms with Gasteiger partial charge in [-0.1, -0.05) is 0 Å². The topological polar surface area (TPSA) is 70.2 Å². The summed E-state index contributed by atoms with van der Waals surface area (Å²) in [5, 5.41) is 5.35. The van der Waals surface area contributed by atoms with Gasteiger partial charge >= 0.3 is 6.18 Å². The Kier molecular flexibility index (Phi) is 7.17. The summed E-state index contributed by atoms with van der Waals surface area (Å²) in [6, 6.07) is -1.69. The van der Waals surface area contributed by atoms with Crippen molar-refractivity contribution in [3.05, 3.63) is 23.8 Å². The lowest BCUT2D eigenvalue weighted by Gasteiger charge is -2.35. The number of aromatic nitrogens is 2. The quantitative estimate of drug-likeness (QED) is 0.837. The van der Waals surface area contributed by atoms with Crippen molar-refractivity contribution in [2.75, 3.05) is 32.7 Å². The van der Waals surface area contributed by atoms with E-state index in [1.54, 1.807) is 6.92 Å². The number of amides is 1. The number of piperazine rings is 1. The Morgan fingerprint density at radius 2 is 2.09 bits per heavy atom. The van der Waals surface area contributed by atoms with E-state index < -0.39 is 24.7 Å². The number of carbonyl (C=O) groups excluding carboxylic acids is 1. The van der Waals surface area contributed by atoms with E-state index in [1.807, 2.05) is 0 Å². The van der Waals surface area contributed by atoms with Crippen LogP contribution < -0.4 is 10.6 Å². The number of hydrogen-bond acceptors (Lipinski definition) is 5. The molecule has 23 heavy (non-hydrogen) atoms. The first-order chi connectivity index (χ1) is 10.4. The van der Waals surface area contributed by atoms with E-state index in [1.165, 1.54) is 17.4 Å². The van der Waals surface area contributed by atoms with Gasteiger partial charge in [0.25, 0.3) is 5.91 Å². The largest absolute Gasteiger partial charge is 0.405 e. The molecular formula is C13H19ClF3N5O. The molecule has 0 spiro atoms. The molecule has 6 nitrogen and oxygen atoms in total. The molecule has 0 aromatic carbocycles. The van der Waals surface area contributed by atoms with Crippen LogP contribution in [0.2, 0.25) is 0 Å². The van der Waals surface area contributed by atoms with Crippen LogP contribution in [-0.2, 0) is 0 Å². The van der Waals surface area contributed by atoms with Crippen LogP contribution in [0.1, 0.15) is 16.1 Å². The third-order valence-electron chi connectivity index (χ3n) is 3.58. The van der Waals surface area contributed by atoms with E-state index in [2.05, 4.69) is 20.6 Å². The average molecular weight is 354 g/mol. The second-order valence-corrected chi connectivity index (χ2v) is 5.08. The maximum Gasteiger partial charge on any atom is 0.405 e. The van der Waals surface area contributed by atoms with Crippen molar-refractivity contribution in [3.63, 3.8) is 0 Å². The lowest BCUT2D eigenvalue weighted by atomic mass is 10.2. The summed E-state index contributed by atoms with van der Waals surface area (Å²) in [4.78, 5) is 20.9. The zero-order valence-electron chi connectivity index (χ0n) is 12.6. The number of nitrogens with one attached hydrogen (secondary N) is 2. The minimum absolute atomic E-state index is 0. The monoisotopic (exact) mass is 353 g/mol. The molecule has 1 aromatic rings. The van der Waals surface area contributed by atoms with Gasteiger partial charge in [0, 0.05) is 38.9 Å². The van der Waals surface area contributed by atoms with E-state index in [4.69, 9.17) is 0 Å². The molecule has 1 fully saturated rings. The minimum atomic E-state index is -4.40. The summed E-state index contributed by atoms with van der Waals surface area (Å²) in [5.74, 6) is -0.595. The fourth-order valence-corrected chi connectivity index (χ4v) is 2.34. The summed E-state index contributed by atoms with van der Waals surface area (Å²) >= 11 is 0. The Balaban J connectivity index is 0.00000264. The van der Waals surface area contributed by atoms with Gasteiger partial charge < -0.3 is 10.6 Å². The van der Waals surface area contributed by atoms with Gasteiger partial charge in [-0.05, 0) is 6.92 Å². The number of alkyl halides is 3. The van der Waals surface area contributed by atoms with Gasteiger partial charge in [0.15, 0.2) is 0 Å². The first-order valence-corrected chi connectivity index (χ1v) is 6.96. The van der Waals surface area contributed by atoms with Crippen molar-refractivity contribution in [3.8, 4) is 0 Å². The van der Waals surface area contributed by atoms with E-state index in [9.17, 15) is 18.0 Å². The normalized spacial score (nSPS) is 17.2. The summed E-state index contributed by atoms with van der Waals surface area (Å²) in [6.07, 6.45) is -1.82. The number of hydrogen-bond donors (Lipinski definition) is 2. The highest BCUT2D eigenvalue weighted by Gasteiger charge is 2.43. The van der Waals surface area contributed by atoms with E-state index >= 15 is 0 Å². The highest BCUT2D eigenvalue weighted by Crippen LogP contribution is 2.24. The van der Waals surface area contributed by atoms with Crippen molar-refractivity contribution < 1.29 is 18.0 Å². The lowest BCUT2D eigenvalue weighted by Crippen LogP contribution is -2.57. The minimum Gasteiger partial charge on any atom is -0.350 e. The number of halogens is 4. The van der Waals surface area contributed by atoms with Gasteiger partial charge in [0.05, 0.1) is 11.3 Å². The van der Waals surface area contributed by atoms with Gasteiger partial charge in [-0.3, -0.25) is 9.69 Å². The molecule has 2 heterocycles. The third kappa shape index (κ3) is 5.29. The van der Waals surface area contributed by atoms with Gasteiger partial charge in [0.1, 0.15) is 12.4 Å². The molecule has 0 saturated carbocycles. The Labute approximate surface area is 138 Å². The van der Waals surface area contributed by atoms with Crippen molar-refractivity contribution in [2.24, 2.45) is 0 Å². The second kappa shape index (κ2) is 8.42. The molecule has 0 radical (unpaired) electrons. The molecule has 2 N–H and O–H groups in total. The highest BCUT2D eigenvalue weighted by atomic mass is 35.5. The van der Waals surface area contributed by atoms with Crippen LogP contribution in [0.4, 0.5) is 13.2 Å². The molecule has 1 unspecified atom stereocenters. The Morgan fingerprint density at radius 3 is 2.65 bits per heavy atom. The fourth-order valence-electron chi connectivity index (χ4n) is 2.34. The predicted molar refractivity (Wildman–Crippen MR) is 80.6 cm³/mol. The Bertz CT molecular complexity index is 523. The van der Waals surface area contributed by atoms with Crippen LogP contribution >= 0.6 is 12.4 Å². The SMILES string of the molecule is Cc1ncncc1C(=O)NCC(N1CCNCC1)C(F)(F)F.Cl. The molecule has 1 saturated heterocycles. The van der Waals surface area contributed by atoms with Crippen LogP contribution in [0, 0.1) is 6.92 Å². The van der Waals surface area contributed by atoms with Crippen molar-refractivity contribution in [2.45, 2.75) is 19.1 Å². The van der Waals surface area contributed by atoms with Gasteiger partial charge in [-0.25, -0.2) is 9.97 Å². The van der Waals surface area contributed by atoms with E-state index in [0.29, 0.717) is 31.9 Å². The van der Waals surface area contributed by atoms with Crippen LogP contribution in [0.5, 0.6) is 0 Å². The molecule has 10 heteroatoms. The molecule has 1 atom stereocenters. The molecule has 1 aliphatic rings. The Morgan fingerprint density at radius 1 is 1.43 bits per heavy atom. The van der Waals surface area contributed by atoms with Crippen molar-refractivity contribution in [1.29, 1.82) is 0 Å². The molecule has 1 aliphatic heterocycles. The van der Waals surface area contributed by atoms with Crippen LogP contribution in [0.25, 0.3) is 0 Å². The molecule has 0 aliphatic carbocycles. The van der Waals surface area contributed by atoms with Crippen LogP contribution in [0.15, 0.2) is 12.5 Å². The van der Waals surface area contributed by atoms with Crippen LogP contribution in [0.3, 0.4) is 0 Å². The first-order valence-electron chi connectivity index (χ1n) is 6.96. The van der Waals surface area contributed by atoms with Crippen molar-refractivity contribution in [1.82, 2.24) is 25.5 Å². The molecule has 130 valence electrons. The maximum absolute atomic E-state index is 13.2. The maximum atomic E-state index is 13.2.